The minimum atomic E-state index is -0.273. The lowest BCUT2D eigenvalue weighted by atomic mass is 9.78. The Kier molecular flexibility index (Phi) is 1.61. The quantitative estimate of drug-likeness (QED) is 0.475. The summed E-state index contributed by atoms with van der Waals surface area (Å²) >= 11 is 0. The van der Waals surface area contributed by atoms with Crippen molar-refractivity contribution in [3.63, 3.8) is 0 Å². The van der Waals surface area contributed by atoms with Crippen molar-refractivity contribution in [1.82, 2.24) is 0 Å². The molecule has 0 aromatic rings. The van der Waals surface area contributed by atoms with Gasteiger partial charge in [0.1, 0.15) is 6.10 Å². The summed E-state index contributed by atoms with van der Waals surface area (Å²) in [4.78, 5) is 0. The Morgan fingerprint density at radius 2 is 2.33 bits per heavy atom. The molecular formula is C10H16O2. The highest BCUT2D eigenvalue weighted by molar-refractivity contribution is 5.13. The van der Waals surface area contributed by atoms with Gasteiger partial charge in [-0.15, -0.1) is 0 Å². The predicted molar refractivity (Wildman–Crippen MR) is 46.8 cm³/mol. The van der Waals surface area contributed by atoms with Gasteiger partial charge in [0.05, 0.1) is 11.7 Å². The van der Waals surface area contributed by atoms with Crippen LogP contribution in [0.25, 0.3) is 0 Å². The number of rotatable bonds is 1. The van der Waals surface area contributed by atoms with Crippen LogP contribution in [0.15, 0.2) is 12.2 Å². The minimum Gasteiger partial charge on any atom is -0.390 e. The Balaban J connectivity index is 2.09. The van der Waals surface area contributed by atoms with Crippen molar-refractivity contribution in [2.75, 3.05) is 0 Å². The molecule has 2 aliphatic rings. The zero-order valence-corrected chi connectivity index (χ0v) is 7.71. The first-order valence-corrected chi connectivity index (χ1v) is 4.54. The molecule has 12 heavy (non-hydrogen) atoms. The third kappa shape index (κ3) is 1.10. The maximum atomic E-state index is 9.64. The normalized spacial score (nSPS) is 51.4. The average molecular weight is 168 g/mol. The number of allylic oxidation sites excluding steroid dienone is 1. The first kappa shape index (κ1) is 8.27. The molecule has 1 saturated carbocycles. The van der Waals surface area contributed by atoms with E-state index >= 15 is 0 Å². The lowest BCUT2D eigenvalue weighted by Crippen LogP contribution is -2.33. The van der Waals surface area contributed by atoms with Gasteiger partial charge in [-0.25, -0.2) is 0 Å². The van der Waals surface area contributed by atoms with Crippen molar-refractivity contribution >= 4 is 0 Å². The zero-order chi connectivity index (χ0) is 8.93. The highest BCUT2D eigenvalue weighted by Gasteiger charge is 2.59. The van der Waals surface area contributed by atoms with Crippen LogP contribution in [0, 0.1) is 5.92 Å². The second kappa shape index (κ2) is 2.33. The molecule has 1 saturated heterocycles. The fraction of sp³-hybridized carbons (Fsp3) is 0.800. The number of hydrogen-bond acceptors (Lipinski definition) is 2. The van der Waals surface area contributed by atoms with Crippen molar-refractivity contribution in [2.24, 2.45) is 5.92 Å². The van der Waals surface area contributed by atoms with E-state index in [2.05, 4.69) is 13.5 Å². The molecule has 2 rings (SSSR count). The van der Waals surface area contributed by atoms with Crippen LogP contribution in [0.1, 0.15) is 26.7 Å². The molecule has 68 valence electrons. The molecular weight excluding hydrogens is 152 g/mol. The van der Waals surface area contributed by atoms with E-state index in [4.69, 9.17) is 4.74 Å². The van der Waals surface area contributed by atoms with E-state index in [0.717, 1.165) is 12.8 Å². The van der Waals surface area contributed by atoms with Gasteiger partial charge in [0.15, 0.2) is 0 Å². The Labute approximate surface area is 73.2 Å². The summed E-state index contributed by atoms with van der Waals surface area (Å²) < 4.78 is 5.47. The molecule has 4 atom stereocenters. The number of epoxide rings is 1. The molecule has 0 aromatic heterocycles. The summed E-state index contributed by atoms with van der Waals surface area (Å²) in [7, 11) is 0. The van der Waals surface area contributed by atoms with E-state index < -0.39 is 0 Å². The summed E-state index contributed by atoms with van der Waals surface area (Å²) in [5.74, 6) is 0.448. The van der Waals surface area contributed by atoms with Crippen LogP contribution in [0.3, 0.4) is 0 Å². The number of ether oxygens (including phenoxy) is 1. The summed E-state index contributed by atoms with van der Waals surface area (Å²) in [5, 5.41) is 9.64. The van der Waals surface area contributed by atoms with Gasteiger partial charge in [-0.3, -0.25) is 0 Å². The zero-order valence-electron chi connectivity index (χ0n) is 7.71. The average Bonchev–Trinajstić information content (AvgIpc) is 2.61. The second-order valence-electron chi connectivity index (χ2n) is 4.40. The van der Waals surface area contributed by atoms with Crippen LogP contribution in [0.2, 0.25) is 0 Å². The fourth-order valence-electron chi connectivity index (χ4n) is 2.27. The Bertz CT molecular complexity index is 224. The maximum absolute atomic E-state index is 9.64. The topological polar surface area (TPSA) is 32.8 Å². The predicted octanol–water partition coefficient (Wildman–Crippen LogP) is 1.49. The standard InChI is InChI=1S/C10H16O2/c1-6(2)7-4-8(11)9-10(3,5-7)12-9/h7-9,11H,1,4-5H2,2-3H3/t7-,8+,9+,10+/m0/s1. The largest absolute Gasteiger partial charge is 0.390 e. The SMILES string of the molecule is C=C(C)[C@H]1C[C@@H](O)[C@H]2O[C@]2(C)C1. The monoisotopic (exact) mass is 168 g/mol. The molecule has 1 aliphatic heterocycles. The smallest absolute Gasteiger partial charge is 0.113 e. The lowest BCUT2D eigenvalue weighted by Gasteiger charge is -2.26. The van der Waals surface area contributed by atoms with E-state index in [-0.39, 0.29) is 17.8 Å². The highest BCUT2D eigenvalue weighted by atomic mass is 16.6. The molecule has 0 aromatic carbocycles. The van der Waals surface area contributed by atoms with Gasteiger partial charge in [-0.1, -0.05) is 12.2 Å². The third-order valence-electron chi connectivity index (χ3n) is 3.16. The van der Waals surface area contributed by atoms with Gasteiger partial charge in [-0.2, -0.15) is 0 Å². The molecule has 2 nitrogen and oxygen atoms in total. The molecule has 0 spiro atoms. The van der Waals surface area contributed by atoms with E-state index in [1.807, 2.05) is 6.92 Å². The third-order valence-corrected chi connectivity index (χ3v) is 3.16. The second-order valence-corrected chi connectivity index (χ2v) is 4.40. The van der Waals surface area contributed by atoms with E-state index in [9.17, 15) is 5.11 Å². The van der Waals surface area contributed by atoms with Crippen molar-refractivity contribution < 1.29 is 9.84 Å². The molecule has 0 bridgehead atoms. The van der Waals surface area contributed by atoms with Crippen molar-refractivity contribution in [3.8, 4) is 0 Å². The Morgan fingerprint density at radius 1 is 1.67 bits per heavy atom. The summed E-state index contributed by atoms with van der Waals surface area (Å²) in [6.07, 6.45) is 1.69. The lowest BCUT2D eigenvalue weighted by molar-refractivity contribution is 0.109. The molecule has 0 unspecified atom stereocenters. The van der Waals surface area contributed by atoms with Gasteiger partial charge in [0, 0.05) is 0 Å². The van der Waals surface area contributed by atoms with Crippen molar-refractivity contribution in [2.45, 2.75) is 44.5 Å². The van der Waals surface area contributed by atoms with Gasteiger partial charge >= 0.3 is 0 Å². The van der Waals surface area contributed by atoms with Gasteiger partial charge in [0.2, 0.25) is 0 Å². The van der Waals surface area contributed by atoms with Crippen LogP contribution in [-0.2, 0) is 4.74 Å². The molecule has 2 fully saturated rings. The maximum Gasteiger partial charge on any atom is 0.113 e. The summed E-state index contributed by atoms with van der Waals surface area (Å²) in [6, 6.07) is 0. The van der Waals surface area contributed by atoms with Crippen LogP contribution in [0.5, 0.6) is 0 Å². The van der Waals surface area contributed by atoms with Crippen molar-refractivity contribution in [1.29, 1.82) is 0 Å². The van der Waals surface area contributed by atoms with Gasteiger partial charge in [0.25, 0.3) is 0 Å². The van der Waals surface area contributed by atoms with Crippen molar-refractivity contribution in [3.05, 3.63) is 12.2 Å². The van der Waals surface area contributed by atoms with E-state index in [1.165, 1.54) is 5.57 Å². The summed E-state index contributed by atoms with van der Waals surface area (Å²) in [6.45, 7) is 8.04. The molecule has 2 heteroatoms. The van der Waals surface area contributed by atoms with Gasteiger partial charge in [-0.05, 0) is 32.6 Å². The molecule has 0 amide bonds. The Morgan fingerprint density at radius 3 is 2.83 bits per heavy atom. The number of aliphatic hydroxyl groups is 1. The number of aliphatic hydroxyl groups excluding tert-OH is 1. The van der Waals surface area contributed by atoms with Crippen LogP contribution in [0.4, 0.5) is 0 Å². The minimum absolute atomic E-state index is 0.0404. The molecule has 1 aliphatic carbocycles. The number of fused-ring (bicyclic) bond motifs is 1. The molecule has 0 radical (unpaired) electrons. The van der Waals surface area contributed by atoms with E-state index in [0.29, 0.717) is 5.92 Å². The first-order valence-electron chi connectivity index (χ1n) is 4.54. The fourth-order valence-corrected chi connectivity index (χ4v) is 2.27. The van der Waals surface area contributed by atoms with Crippen LogP contribution < -0.4 is 0 Å². The van der Waals surface area contributed by atoms with Gasteiger partial charge < -0.3 is 9.84 Å². The summed E-state index contributed by atoms with van der Waals surface area (Å²) in [5.41, 5.74) is 1.13. The first-order chi connectivity index (χ1) is 5.53. The van der Waals surface area contributed by atoms with Crippen LogP contribution >= 0.6 is 0 Å². The highest BCUT2D eigenvalue weighted by Crippen LogP contribution is 2.50. The molecule has 1 heterocycles. The molecule has 1 N–H and O–H groups in total. The van der Waals surface area contributed by atoms with Crippen LogP contribution in [-0.4, -0.2) is 22.9 Å². The Hall–Kier alpha value is -0.340. The van der Waals surface area contributed by atoms with E-state index in [1.54, 1.807) is 0 Å². The number of hydrogen-bond donors (Lipinski definition) is 1.